The molecule has 0 aliphatic carbocycles. The normalized spacial score (nSPS) is 13.4. The molecule has 0 radical (unpaired) electrons. The van der Waals surface area contributed by atoms with Crippen molar-refractivity contribution < 1.29 is 0 Å². The number of rotatable bonds is 3. The van der Waals surface area contributed by atoms with Gasteiger partial charge < -0.3 is 0 Å². The van der Waals surface area contributed by atoms with Crippen LogP contribution in [0, 0.1) is 6.92 Å². The lowest BCUT2D eigenvalue weighted by Gasteiger charge is -2.04. The number of aromatic nitrogens is 1. The van der Waals surface area contributed by atoms with E-state index < -0.39 is 0 Å². The molecule has 0 saturated heterocycles. The average Bonchev–Trinajstić information content (AvgIpc) is 2.36. The van der Waals surface area contributed by atoms with Crippen LogP contribution in [0.1, 0.15) is 43.2 Å². The summed E-state index contributed by atoms with van der Waals surface area (Å²) in [5.74, 6) is 0.700. The fourth-order valence-electron chi connectivity index (χ4n) is 1.19. The van der Waals surface area contributed by atoms with Gasteiger partial charge in [-0.2, -0.15) is 4.37 Å². The summed E-state index contributed by atoms with van der Waals surface area (Å²) in [6.45, 7) is 6.56. The van der Waals surface area contributed by atoms with Gasteiger partial charge in [-0.3, -0.25) is 0 Å². The summed E-state index contributed by atoms with van der Waals surface area (Å²) in [6.07, 6.45) is 2.54. The third-order valence-electron chi connectivity index (χ3n) is 1.85. The van der Waals surface area contributed by atoms with Gasteiger partial charge in [-0.25, -0.2) is 0 Å². The summed E-state index contributed by atoms with van der Waals surface area (Å²) in [7, 11) is 0. The second-order valence-corrected chi connectivity index (χ2v) is 3.90. The largest absolute Gasteiger partial charge is 0.198 e. The van der Waals surface area contributed by atoms with Crippen molar-refractivity contribution in [2.75, 3.05) is 0 Å². The monoisotopic (exact) mass is 169 g/mol. The molecule has 0 spiro atoms. The van der Waals surface area contributed by atoms with Crippen LogP contribution in [-0.4, -0.2) is 4.37 Å². The van der Waals surface area contributed by atoms with Crippen LogP contribution in [0.5, 0.6) is 0 Å². The number of aryl methyl sites for hydroxylation is 1. The van der Waals surface area contributed by atoms with Crippen molar-refractivity contribution in [2.45, 2.75) is 39.5 Å². The summed E-state index contributed by atoms with van der Waals surface area (Å²) in [6, 6.07) is 2.20. The van der Waals surface area contributed by atoms with E-state index in [1.54, 1.807) is 11.5 Å². The van der Waals surface area contributed by atoms with E-state index in [1.807, 2.05) is 0 Å². The predicted molar refractivity (Wildman–Crippen MR) is 50.2 cm³/mol. The molecule has 0 bridgehead atoms. The van der Waals surface area contributed by atoms with E-state index in [2.05, 4.69) is 31.2 Å². The molecule has 1 heterocycles. The first kappa shape index (κ1) is 8.72. The summed E-state index contributed by atoms with van der Waals surface area (Å²) >= 11 is 1.65. The fraction of sp³-hybridized carbons (Fsp3) is 0.667. The van der Waals surface area contributed by atoms with Crippen LogP contribution in [0.3, 0.4) is 0 Å². The molecule has 0 N–H and O–H groups in total. The number of hydrogen-bond donors (Lipinski definition) is 0. The summed E-state index contributed by atoms with van der Waals surface area (Å²) in [4.78, 5) is 1.43. The molecular weight excluding hydrogens is 154 g/mol. The highest BCUT2D eigenvalue weighted by atomic mass is 32.1. The van der Waals surface area contributed by atoms with Crippen LogP contribution in [0.15, 0.2) is 6.07 Å². The Bertz CT molecular complexity index is 217. The van der Waals surface area contributed by atoms with Gasteiger partial charge in [0.1, 0.15) is 0 Å². The highest BCUT2D eigenvalue weighted by molar-refractivity contribution is 7.05. The van der Waals surface area contributed by atoms with E-state index in [1.165, 1.54) is 17.7 Å². The van der Waals surface area contributed by atoms with Crippen molar-refractivity contribution in [2.24, 2.45) is 0 Å². The van der Waals surface area contributed by atoms with Gasteiger partial charge in [-0.1, -0.05) is 20.3 Å². The minimum atomic E-state index is 0.700. The van der Waals surface area contributed by atoms with Crippen LogP contribution in [0.25, 0.3) is 0 Å². The number of nitrogens with zero attached hydrogens (tertiary/aromatic N) is 1. The molecule has 1 nitrogen and oxygen atoms in total. The molecule has 0 aliphatic heterocycles. The maximum Gasteiger partial charge on any atom is 0.0514 e. The maximum absolute atomic E-state index is 4.26. The van der Waals surface area contributed by atoms with Gasteiger partial charge in [0.05, 0.1) is 5.69 Å². The van der Waals surface area contributed by atoms with E-state index in [-0.39, 0.29) is 0 Å². The van der Waals surface area contributed by atoms with Crippen molar-refractivity contribution in [1.29, 1.82) is 0 Å². The topological polar surface area (TPSA) is 12.9 Å². The lowest BCUT2D eigenvalue weighted by atomic mass is 10.0. The van der Waals surface area contributed by atoms with Crippen LogP contribution in [0.4, 0.5) is 0 Å². The molecule has 0 fully saturated rings. The third kappa shape index (κ3) is 2.29. The van der Waals surface area contributed by atoms with Crippen molar-refractivity contribution >= 4 is 11.5 Å². The minimum Gasteiger partial charge on any atom is -0.198 e. The Morgan fingerprint density at radius 1 is 1.64 bits per heavy atom. The molecule has 11 heavy (non-hydrogen) atoms. The van der Waals surface area contributed by atoms with Crippen LogP contribution in [0.2, 0.25) is 0 Å². The van der Waals surface area contributed by atoms with E-state index in [0.29, 0.717) is 5.92 Å². The van der Waals surface area contributed by atoms with E-state index in [4.69, 9.17) is 0 Å². The van der Waals surface area contributed by atoms with E-state index in [9.17, 15) is 0 Å². The zero-order valence-corrected chi connectivity index (χ0v) is 8.24. The standard InChI is InChI=1S/C9H15NS/c1-4-5-7(2)9-6-8(3)10-11-9/h6-7H,4-5H2,1-3H3. The molecule has 0 aliphatic rings. The van der Waals surface area contributed by atoms with Crippen LogP contribution in [-0.2, 0) is 0 Å². The van der Waals surface area contributed by atoms with Gasteiger partial charge in [0, 0.05) is 4.88 Å². The van der Waals surface area contributed by atoms with E-state index in [0.717, 1.165) is 5.69 Å². The van der Waals surface area contributed by atoms with Crippen molar-refractivity contribution in [3.05, 3.63) is 16.6 Å². The molecular formula is C9H15NS. The minimum absolute atomic E-state index is 0.700. The van der Waals surface area contributed by atoms with Gasteiger partial charge in [-0.15, -0.1) is 0 Å². The zero-order chi connectivity index (χ0) is 8.27. The molecule has 1 aromatic rings. The Morgan fingerprint density at radius 2 is 2.36 bits per heavy atom. The Hall–Kier alpha value is -0.370. The van der Waals surface area contributed by atoms with Gasteiger partial charge >= 0.3 is 0 Å². The lowest BCUT2D eigenvalue weighted by molar-refractivity contribution is 0.675. The molecule has 1 unspecified atom stereocenters. The quantitative estimate of drug-likeness (QED) is 0.676. The Labute approximate surface area is 72.6 Å². The molecule has 0 aromatic carbocycles. The summed E-state index contributed by atoms with van der Waals surface area (Å²) in [5, 5.41) is 0. The van der Waals surface area contributed by atoms with Crippen LogP contribution < -0.4 is 0 Å². The molecule has 62 valence electrons. The predicted octanol–water partition coefficient (Wildman–Crippen LogP) is 3.36. The van der Waals surface area contributed by atoms with Gasteiger partial charge in [0.25, 0.3) is 0 Å². The van der Waals surface area contributed by atoms with E-state index >= 15 is 0 Å². The SMILES string of the molecule is CCCC(C)c1cc(C)ns1. The third-order valence-corrected chi connectivity index (χ3v) is 2.96. The lowest BCUT2D eigenvalue weighted by Crippen LogP contribution is -1.87. The Morgan fingerprint density at radius 3 is 2.82 bits per heavy atom. The fourth-order valence-corrected chi connectivity index (χ4v) is 2.01. The van der Waals surface area contributed by atoms with Crippen molar-refractivity contribution in [1.82, 2.24) is 4.37 Å². The summed E-state index contributed by atoms with van der Waals surface area (Å²) in [5.41, 5.74) is 1.16. The zero-order valence-electron chi connectivity index (χ0n) is 7.42. The first-order valence-electron chi connectivity index (χ1n) is 4.17. The average molecular weight is 169 g/mol. The second kappa shape index (κ2) is 3.86. The second-order valence-electron chi connectivity index (χ2n) is 3.06. The number of hydrogen-bond acceptors (Lipinski definition) is 2. The Kier molecular flexibility index (Phi) is 3.06. The molecule has 1 atom stereocenters. The van der Waals surface area contributed by atoms with Gasteiger partial charge in [0.15, 0.2) is 0 Å². The van der Waals surface area contributed by atoms with Gasteiger partial charge in [0.2, 0.25) is 0 Å². The molecule has 1 rings (SSSR count). The molecule has 0 saturated carbocycles. The summed E-state index contributed by atoms with van der Waals surface area (Å²) < 4.78 is 4.26. The molecule has 2 heteroatoms. The maximum atomic E-state index is 4.26. The molecule has 1 aromatic heterocycles. The smallest absolute Gasteiger partial charge is 0.0514 e. The van der Waals surface area contributed by atoms with Gasteiger partial charge in [-0.05, 0) is 36.9 Å². The van der Waals surface area contributed by atoms with Crippen molar-refractivity contribution in [3.8, 4) is 0 Å². The molecule has 0 amide bonds. The highest BCUT2D eigenvalue weighted by Crippen LogP contribution is 2.24. The first-order chi connectivity index (χ1) is 5.24. The van der Waals surface area contributed by atoms with Crippen molar-refractivity contribution in [3.63, 3.8) is 0 Å². The Balaban J connectivity index is 2.60. The van der Waals surface area contributed by atoms with Crippen LogP contribution >= 0.6 is 11.5 Å². The highest BCUT2D eigenvalue weighted by Gasteiger charge is 2.06. The first-order valence-corrected chi connectivity index (χ1v) is 4.94.